The number of aromatic nitrogens is 4. The van der Waals surface area contributed by atoms with E-state index in [0.717, 1.165) is 29.8 Å². The van der Waals surface area contributed by atoms with E-state index in [9.17, 15) is 0 Å². The van der Waals surface area contributed by atoms with Gasteiger partial charge in [-0.15, -0.1) is 0 Å². The molecule has 0 saturated heterocycles. The monoisotopic (exact) mass is 345 g/mol. The first-order valence-electron chi connectivity index (χ1n) is 5.93. The van der Waals surface area contributed by atoms with Gasteiger partial charge in [0.15, 0.2) is 23.4 Å². The van der Waals surface area contributed by atoms with Gasteiger partial charge in [-0.2, -0.15) is 29.9 Å². The summed E-state index contributed by atoms with van der Waals surface area (Å²) in [7, 11) is 1.82. The summed E-state index contributed by atoms with van der Waals surface area (Å²) in [4.78, 5) is 8.07. The van der Waals surface area contributed by atoms with Crippen LogP contribution in [0.15, 0.2) is 4.99 Å². The van der Waals surface area contributed by atoms with Gasteiger partial charge in [-0.05, 0) is 0 Å². The molecule has 0 unspecified atom stereocenters. The quantitative estimate of drug-likeness (QED) is 0.309. The van der Waals surface area contributed by atoms with Gasteiger partial charge in [-0.1, -0.05) is 0 Å². The Labute approximate surface area is 134 Å². The first-order valence-corrected chi connectivity index (χ1v) is 8.59. The molecule has 2 rings (SSSR count). The zero-order valence-electron chi connectivity index (χ0n) is 11.2. The highest BCUT2D eigenvalue weighted by molar-refractivity contribution is 7.98. The molecule has 2 heterocycles. The number of rotatable bonds is 8. The van der Waals surface area contributed by atoms with E-state index in [-0.39, 0.29) is 5.96 Å². The van der Waals surface area contributed by atoms with Crippen molar-refractivity contribution in [1.82, 2.24) is 18.1 Å². The largest absolute Gasteiger partial charge is 0.370 e. The number of guanidine groups is 1. The molecule has 6 N–H and O–H groups in total. The molecule has 0 atom stereocenters. The van der Waals surface area contributed by atoms with Crippen molar-refractivity contribution in [3.05, 3.63) is 5.82 Å². The van der Waals surface area contributed by atoms with Gasteiger partial charge in [0.25, 0.3) is 0 Å². The van der Waals surface area contributed by atoms with E-state index in [1.807, 2.05) is 7.05 Å². The molecule has 21 heavy (non-hydrogen) atoms. The number of hydrogen-bond acceptors (Lipinski definition) is 10. The van der Waals surface area contributed by atoms with Crippen LogP contribution in [-0.4, -0.2) is 43.4 Å². The molecule has 0 spiro atoms. The third kappa shape index (κ3) is 4.99. The lowest BCUT2D eigenvalue weighted by molar-refractivity contribution is 1.12. The first-order chi connectivity index (χ1) is 10.2. The maximum atomic E-state index is 5.28. The lowest BCUT2D eigenvalue weighted by Crippen LogP contribution is -2.21. The van der Waals surface area contributed by atoms with Crippen LogP contribution in [0.5, 0.6) is 0 Å². The lowest BCUT2D eigenvalue weighted by Gasteiger charge is -2.03. The zero-order chi connectivity index (χ0) is 15.1. The SMILES string of the molecule is CNc1nsnc1NCCSCc1nsc(N=C(N)N)n1. The Hall–Kier alpha value is -1.66. The first kappa shape index (κ1) is 15.7. The molecule has 0 aliphatic rings. The second kappa shape index (κ2) is 7.95. The average molecular weight is 345 g/mol. The van der Waals surface area contributed by atoms with Crippen LogP contribution in [0.25, 0.3) is 0 Å². The summed E-state index contributed by atoms with van der Waals surface area (Å²) < 4.78 is 12.5. The number of nitrogens with two attached hydrogens (primary N) is 2. The summed E-state index contributed by atoms with van der Waals surface area (Å²) in [5, 5.41) is 6.68. The van der Waals surface area contributed by atoms with E-state index in [1.54, 1.807) is 11.8 Å². The number of nitrogens with zero attached hydrogens (tertiary/aromatic N) is 5. The topological polar surface area (TPSA) is 140 Å². The molecule has 0 amide bonds. The minimum absolute atomic E-state index is 0.00763. The van der Waals surface area contributed by atoms with Gasteiger partial charge >= 0.3 is 0 Å². The Morgan fingerprint density at radius 3 is 2.86 bits per heavy atom. The molecule has 0 bridgehead atoms. The van der Waals surface area contributed by atoms with E-state index in [4.69, 9.17) is 11.5 Å². The Kier molecular flexibility index (Phi) is 5.95. The number of hydrogen-bond donors (Lipinski definition) is 4. The van der Waals surface area contributed by atoms with Crippen LogP contribution < -0.4 is 22.1 Å². The summed E-state index contributed by atoms with van der Waals surface area (Å²) >= 11 is 4.07. The molecule has 0 radical (unpaired) electrons. The Bertz CT molecular complexity index is 589. The normalized spacial score (nSPS) is 10.3. The summed E-state index contributed by atoms with van der Waals surface area (Å²) in [5.41, 5.74) is 10.6. The van der Waals surface area contributed by atoms with Crippen molar-refractivity contribution in [3.63, 3.8) is 0 Å². The van der Waals surface area contributed by atoms with Crippen molar-refractivity contribution >= 4 is 57.7 Å². The summed E-state index contributed by atoms with van der Waals surface area (Å²) in [6.45, 7) is 0.787. The second-order valence-corrected chi connectivity index (χ2v) is 6.08. The minimum Gasteiger partial charge on any atom is -0.370 e. The molecule has 2 aromatic rings. The van der Waals surface area contributed by atoms with Gasteiger partial charge in [0, 0.05) is 30.9 Å². The minimum atomic E-state index is -0.00763. The highest BCUT2D eigenvalue weighted by Crippen LogP contribution is 2.19. The van der Waals surface area contributed by atoms with Crippen LogP contribution in [0, 0.1) is 0 Å². The molecule has 0 aliphatic heterocycles. The number of aliphatic imine (C=N–C) groups is 1. The van der Waals surface area contributed by atoms with E-state index in [2.05, 4.69) is 33.7 Å². The summed E-state index contributed by atoms with van der Waals surface area (Å²) in [6.07, 6.45) is 0. The van der Waals surface area contributed by atoms with Crippen LogP contribution in [-0.2, 0) is 5.75 Å². The van der Waals surface area contributed by atoms with Gasteiger partial charge in [0.05, 0.1) is 17.5 Å². The Morgan fingerprint density at radius 1 is 1.29 bits per heavy atom. The molecule has 0 aliphatic carbocycles. The van der Waals surface area contributed by atoms with Crippen molar-refractivity contribution in [1.29, 1.82) is 0 Å². The Morgan fingerprint density at radius 2 is 2.10 bits per heavy atom. The highest BCUT2D eigenvalue weighted by Gasteiger charge is 2.06. The summed E-state index contributed by atoms with van der Waals surface area (Å²) in [5.74, 6) is 3.89. The smallest absolute Gasteiger partial charge is 0.232 e. The molecule has 0 fully saturated rings. The Balaban J connectivity index is 1.68. The second-order valence-electron chi connectivity index (χ2n) is 3.72. The number of nitrogens with one attached hydrogen (secondary N) is 2. The van der Waals surface area contributed by atoms with Crippen LogP contribution in [0.3, 0.4) is 0 Å². The number of thioether (sulfide) groups is 1. The van der Waals surface area contributed by atoms with Gasteiger partial charge in [0.1, 0.15) is 0 Å². The van der Waals surface area contributed by atoms with Crippen molar-refractivity contribution < 1.29 is 0 Å². The maximum Gasteiger partial charge on any atom is 0.232 e. The molecular weight excluding hydrogens is 330 g/mol. The number of anilines is 2. The van der Waals surface area contributed by atoms with E-state index in [0.29, 0.717) is 10.9 Å². The van der Waals surface area contributed by atoms with Gasteiger partial charge in [0.2, 0.25) is 5.13 Å². The predicted octanol–water partition coefficient (Wildman–Crippen LogP) is 0.681. The van der Waals surface area contributed by atoms with E-state index in [1.165, 1.54) is 23.3 Å². The molecule has 114 valence electrons. The maximum absolute atomic E-state index is 5.28. The molecule has 0 aromatic carbocycles. The molecular formula is C9H15N9S3. The van der Waals surface area contributed by atoms with Crippen molar-refractivity contribution in [3.8, 4) is 0 Å². The van der Waals surface area contributed by atoms with Crippen molar-refractivity contribution in [2.75, 3.05) is 30.0 Å². The molecule has 12 heteroatoms. The van der Waals surface area contributed by atoms with E-state index < -0.39 is 0 Å². The van der Waals surface area contributed by atoms with Gasteiger partial charge < -0.3 is 22.1 Å². The summed E-state index contributed by atoms with van der Waals surface area (Å²) in [6, 6.07) is 0. The van der Waals surface area contributed by atoms with Crippen LogP contribution >= 0.6 is 35.0 Å². The van der Waals surface area contributed by atoms with Crippen LogP contribution in [0.1, 0.15) is 5.82 Å². The van der Waals surface area contributed by atoms with Crippen LogP contribution in [0.4, 0.5) is 16.8 Å². The fraction of sp³-hybridized carbons (Fsp3) is 0.444. The fourth-order valence-corrected chi connectivity index (χ4v) is 3.23. The van der Waals surface area contributed by atoms with Gasteiger partial charge in [-0.25, -0.2) is 4.98 Å². The third-order valence-corrected chi connectivity index (χ3v) is 4.31. The molecule has 9 nitrogen and oxygen atoms in total. The van der Waals surface area contributed by atoms with Crippen molar-refractivity contribution in [2.24, 2.45) is 16.5 Å². The highest BCUT2D eigenvalue weighted by atomic mass is 32.2. The van der Waals surface area contributed by atoms with Crippen LogP contribution in [0.2, 0.25) is 0 Å². The molecule has 2 aromatic heterocycles. The lowest BCUT2D eigenvalue weighted by atomic mass is 10.6. The molecule has 0 saturated carbocycles. The zero-order valence-corrected chi connectivity index (χ0v) is 13.7. The fourth-order valence-electron chi connectivity index (χ4n) is 1.33. The average Bonchev–Trinajstić information content (AvgIpc) is 3.07. The van der Waals surface area contributed by atoms with E-state index >= 15 is 0 Å². The third-order valence-electron chi connectivity index (χ3n) is 2.18. The van der Waals surface area contributed by atoms with Crippen molar-refractivity contribution in [2.45, 2.75) is 5.75 Å². The predicted molar refractivity (Wildman–Crippen MR) is 89.5 cm³/mol. The standard InChI is InChI=1S/C9H15N9S3/c1-12-6-7(18-21-17-6)13-2-3-19-4-5-14-9(20-16-5)15-8(10)11/h2-4H2,1H3,(H,12,17)(H,13,18)(H4,10,11,14,15,16). The van der Waals surface area contributed by atoms with Gasteiger partial charge in [-0.3, -0.25) is 0 Å².